The molecule has 2 aromatic heterocycles. The van der Waals surface area contributed by atoms with Gasteiger partial charge >= 0.3 is 5.97 Å². The van der Waals surface area contributed by atoms with E-state index in [1.807, 2.05) is 24.4 Å². The van der Waals surface area contributed by atoms with Gasteiger partial charge in [-0.3, -0.25) is 0 Å². The van der Waals surface area contributed by atoms with Crippen molar-refractivity contribution in [3.8, 4) is 22.9 Å². The highest BCUT2D eigenvalue weighted by Crippen LogP contribution is 2.36. The van der Waals surface area contributed by atoms with Gasteiger partial charge in [0, 0.05) is 34.3 Å². The lowest BCUT2D eigenvalue weighted by Gasteiger charge is -2.13. The van der Waals surface area contributed by atoms with Crippen molar-refractivity contribution in [1.29, 1.82) is 0 Å². The summed E-state index contributed by atoms with van der Waals surface area (Å²) in [6, 6.07) is 10.9. The number of hydrogen-bond donors (Lipinski definition) is 2. The molecule has 5 rings (SSSR count). The van der Waals surface area contributed by atoms with Gasteiger partial charge < -0.3 is 19.9 Å². The zero-order valence-corrected chi connectivity index (χ0v) is 19.9. The number of rotatable bonds is 7. The van der Waals surface area contributed by atoms with Crippen molar-refractivity contribution < 1.29 is 19.4 Å². The Kier molecular flexibility index (Phi) is 6.06. The van der Waals surface area contributed by atoms with E-state index in [4.69, 9.17) is 14.5 Å². The van der Waals surface area contributed by atoms with Crippen LogP contribution in [0, 0.1) is 0 Å². The van der Waals surface area contributed by atoms with E-state index >= 15 is 0 Å². The molecule has 4 aromatic rings. The third kappa shape index (κ3) is 4.17. The van der Waals surface area contributed by atoms with Crippen molar-refractivity contribution in [1.82, 2.24) is 9.97 Å². The van der Waals surface area contributed by atoms with Crippen LogP contribution in [0.25, 0.3) is 21.6 Å². The zero-order valence-electron chi connectivity index (χ0n) is 19.1. The van der Waals surface area contributed by atoms with Crippen LogP contribution in [0.3, 0.4) is 0 Å². The average molecular weight is 476 g/mol. The molecule has 0 spiro atoms. The fraction of sp³-hybridized carbons (Fsp3) is 0.269. The first-order chi connectivity index (χ1) is 16.6. The molecule has 0 amide bonds. The maximum Gasteiger partial charge on any atom is 0.336 e. The molecule has 0 saturated heterocycles. The Morgan fingerprint density at radius 1 is 1.09 bits per heavy atom. The molecule has 7 nitrogen and oxygen atoms in total. The Morgan fingerprint density at radius 3 is 2.71 bits per heavy atom. The molecule has 0 fully saturated rings. The first-order valence-corrected chi connectivity index (χ1v) is 12.0. The van der Waals surface area contributed by atoms with E-state index in [0.29, 0.717) is 29.4 Å². The molecule has 0 bridgehead atoms. The highest BCUT2D eigenvalue weighted by Gasteiger charge is 2.20. The Bertz CT molecular complexity index is 1380. The molecule has 34 heavy (non-hydrogen) atoms. The lowest BCUT2D eigenvalue weighted by Crippen LogP contribution is -2.05. The largest absolute Gasteiger partial charge is 0.493 e. The van der Waals surface area contributed by atoms with Gasteiger partial charge in [0.05, 0.1) is 19.8 Å². The van der Waals surface area contributed by atoms with Gasteiger partial charge in [0.25, 0.3) is 0 Å². The monoisotopic (exact) mass is 475 g/mol. The molecular weight excluding hydrogens is 450 g/mol. The number of carboxylic acid groups (broad SMARTS) is 1. The van der Waals surface area contributed by atoms with Crippen molar-refractivity contribution in [3.05, 3.63) is 64.2 Å². The third-order valence-corrected chi connectivity index (χ3v) is 7.35. The minimum Gasteiger partial charge on any atom is -0.493 e. The average Bonchev–Trinajstić information content (AvgIpc) is 3.24. The molecule has 2 heterocycles. The summed E-state index contributed by atoms with van der Waals surface area (Å²) in [4.78, 5) is 23.6. The molecule has 0 aliphatic heterocycles. The summed E-state index contributed by atoms with van der Waals surface area (Å²) in [6.45, 7) is 0.531. The molecule has 0 unspecified atom stereocenters. The molecule has 174 valence electrons. The van der Waals surface area contributed by atoms with E-state index in [0.717, 1.165) is 34.3 Å². The van der Waals surface area contributed by atoms with Gasteiger partial charge in [0.2, 0.25) is 0 Å². The summed E-state index contributed by atoms with van der Waals surface area (Å²) in [5, 5.41) is 14.2. The molecule has 2 N–H and O–H groups in total. The standard InChI is InChI=1S/C26H25N3O4S/c1-32-21-10-7-15(11-22(21)33-2)13-27-16-8-9-18(26(30)31)19(12-16)24-28-14-20-17-5-3-4-6-23(17)34-25(20)29-24/h7-12,14,27H,3-6,13H2,1-2H3,(H,30,31). The van der Waals surface area contributed by atoms with E-state index in [1.54, 1.807) is 43.8 Å². The van der Waals surface area contributed by atoms with Crippen molar-refractivity contribution in [2.75, 3.05) is 19.5 Å². The number of aromatic nitrogens is 2. The fourth-order valence-corrected chi connectivity index (χ4v) is 5.63. The number of methoxy groups -OCH3 is 2. The minimum absolute atomic E-state index is 0.178. The Hall–Kier alpha value is -3.65. The number of benzene rings is 2. The van der Waals surface area contributed by atoms with Crippen molar-refractivity contribution >= 4 is 33.2 Å². The summed E-state index contributed by atoms with van der Waals surface area (Å²) in [7, 11) is 3.21. The van der Waals surface area contributed by atoms with Crippen LogP contribution in [0.4, 0.5) is 5.69 Å². The topological polar surface area (TPSA) is 93.6 Å². The maximum absolute atomic E-state index is 11.9. The van der Waals surface area contributed by atoms with E-state index in [1.165, 1.54) is 23.3 Å². The second-order valence-corrected chi connectivity index (χ2v) is 9.32. The van der Waals surface area contributed by atoms with E-state index in [-0.39, 0.29) is 5.56 Å². The molecule has 8 heteroatoms. The quantitative estimate of drug-likeness (QED) is 0.361. The normalized spacial score (nSPS) is 12.9. The highest BCUT2D eigenvalue weighted by atomic mass is 32.1. The third-order valence-electron chi connectivity index (χ3n) is 6.15. The predicted molar refractivity (Wildman–Crippen MR) is 133 cm³/mol. The summed E-state index contributed by atoms with van der Waals surface area (Å²) in [5.74, 6) is 0.750. The van der Waals surface area contributed by atoms with Gasteiger partial charge in [-0.05, 0) is 67.1 Å². The summed E-state index contributed by atoms with van der Waals surface area (Å²) in [6.07, 6.45) is 6.40. The van der Waals surface area contributed by atoms with Crippen LogP contribution < -0.4 is 14.8 Å². The van der Waals surface area contributed by atoms with Crippen LogP contribution in [0.5, 0.6) is 11.5 Å². The van der Waals surface area contributed by atoms with Gasteiger partial charge in [-0.15, -0.1) is 11.3 Å². The minimum atomic E-state index is -1.00. The van der Waals surface area contributed by atoms with Crippen LogP contribution in [0.1, 0.15) is 39.2 Å². The second kappa shape index (κ2) is 9.30. The van der Waals surface area contributed by atoms with Crippen LogP contribution >= 0.6 is 11.3 Å². The smallest absolute Gasteiger partial charge is 0.336 e. The Labute approximate surface area is 201 Å². The number of nitrogens with one attached hydrogen (secondary N) is 1. The van der Waals surface area contributed by atoms with Crippen molar-refractivity contribution in [2.24, 2.45) is 0 Å². The SMILES string of the molecule is COc1ccc(CNc2ccc(C(=O)O)c(-c3ncc4c5c(sc4n3)CCCC5)c2)cc1OC. The number of fused-ring (bicyclic) bond motifs is 3. The van der Waals surface area contributed by atoms with Gasteiger partial charge in [-0.1, -0.05) is 6.07 Å². The number of hydrogen-bond acceptors (Lipinski definition) is 7. The predicted octanol–water partition coefficient (Wildman–Crippen LogP) is 5.56. The van der Waals surface area contributed by atoms with Crippen LogP contribution in [0.15, 0.2) is 42.6 Å². The van der Waals surface area contributed by atoms with E-state index < -0.39 is 5.97 Å². The Morgan fingerprint density at radius 2 is 1.91 bits per heavy atom. The maximum atomic E-state index is 11.9. The molecule has 0 radical (unpaired) electrons. The number of carboxylic acids is 1. The molecule has 0 atom stereocenters. The first kappa shape index (κ1) is 22.2. The number of aryl methyl sites for hydroxylation is 2. The number of carbonyl (C=O) groups is 1. The molecule has 2 aromatic carbocycles. The van der Waals surface area contributed by atoms with Crippen LogP contribution in [-0.4, -0.2) is 35.3 Å². The number of aromatic carboxylic acids is 1. The molecule has 0 saturated carbocycles. The Balaban J connectivity index is 1.46. The number of nitrogens with zero attached hydrogens (tertiary/aromatic N) is 2. The van der Waals surface area contributed by atoms with Gasteiger partial charge in [-0.2, -0.15) is 0 Å². The zero-order chi connectivity index (χ0) is 23.7. The molecule has 1 aliphatic rings. The summed E-state index contributed by atoms with van der Waals surface area (Å²) in [5.41, 5.74) is 3.82. The van der Waals surface area contributed by atoms with Gasteiger partial charge in [0.1, 0.15) is 4.83 Å². The summed E-state index contributed by atoms with van der Waals surface area (Å²) >= 11 is 1.70. The van der Waals surface area contributed by atoms with Gasteiger partial charge in [-0.25, -0.2) is 14.8 Å². The van der Waals surface area contributed by atoms with Crippen LogP contribution in [0.2, 0.25) is 0 Å². The van der Waals surface area contributed by atoms with E-state index in [2.05, 4.69) is 10.3 Å². The highest BCUT2D eigenvalue weighted by molar-refractivity contribution is 7.18. The molecular formula is C26H25N3O4S. The number of ether oxygens (including phenoxy) is 2. The van der Waals surface area contributed by atoms with Crippen molar-refractivity contribution in [2.45, 2.75) is 32.2 Å². The number of anilines is 1. The van der Waals surface area contributed by atoms with E-state index in [9.17, 15) is 9.90 Å². The summed E-state index contributed by atoms with van der Waals surface area (Å²) < 4.78 is 10.7. The van der Waals surface area contributed by atoms with Crippen LogP contribution in [-0.2, 0) is 19.4 Å². The first-order valence-electron chi connectivity index (χ1n) is 11.2. The lowest BCUT2D eigenvalue weighted by atomic mass is 9.97. The molecule has 1 aliphatic carbocycles. The fourth-order valence-electron chi connectivity index (χ4n) is 4.39. The van der Waals surface area contributed by atoms with Crippen molar-refractivity contribution in [3.63, 3.8) is 0 Å². The second-order valence-electron chi connectivity index (χ2n) is 8.23. The number of thiophene rings is 1. The van der Waals surface area contributed by atoms with Gasteiger partial charge in [0.15, 0.2) is 17.3 Å². The lowest BCUT2D eigenvalue weighted by molar-refractivity contribution is 0.0697.